The molecule has 1 saturated carbocycles. The lowest BCUT2D eigenvalue weighted by Crippen LogP contribution is -2.40. The van der Waals surface area contributed by atoms with Gasteiger partial charge in [0.05, 0.1) is 0 Å². The highest BCUT2D eigenvalue weighted by Crippen LogP contribution is 2.25. The molecule has 0 aromatic heterocycles. The van der Waals surface area contributed by atoms with Crippen molar-refractivity contribution in [3.8, 4) is 0 Å². The van der Waals surface area contributed by atoms with E-state index in [0.29, 0.717) is 5.92 Å². The molecule has 0 bridgehead atoms. The summed E-state index contributed by atoms with van der Waals surface area (Å²) in [4.78, 5) is 11.7. The molecule has 0 aliphatic heterocycles. The van der Waals surface area contributed by atoms with Gasteiger partial charge in [0, 0.05) is 6.04 Å². The van der Waals surface area contributed by atoms with Crippen LogP contribution in [0.15, 0.2) is 24.3 Å². The molecule has 0 aromatic carbocycles. The van der Waals surface area contributed by atoms with E-state index in [9.17, 15) is 4.79 Å². The molecule has 1 amide bonds. The van der Waals surface area contributed by atoms with Gasteiger partial charge in [-0.05, 0) is 59.3 Å². The molecule has 1 fully saturated rings. The highest BCUT2D eigenvalue weighted by Gasteiger charge is 2.23. The van der Waals surface area contributed by atoms with Crippen LogP contribution >= 0.6 is 0 Å². The number of carbonyl (C=O) groups is 1. The van der Waals surface area contributed by atoms with Crippen LogP contribution in [0.25, 0.3) is 0 Å². The molecule has 1 N–H and O–H groups in total. The second-order valence-corrected chi connectivity index (χ2v) is 6.46. The van der Waals surface area contributed by atoms with Gasteiger partial charge < -0.3 is 10.1 Å². The van der Waals surface area contributed by atoms with E-state index < -0.39 is 5.60 Å². The van der Waals surface area contributed by atoms with Crippen molar-refractivity contribution < 1.29 is 9.53 Å². The van der Waals surface area contributed by atoms with Gasteiger partial charge in [-0.25, -0.2) is 4.79 Å². The molecule has 1 rings (SSSR count). The fourth-order valence-electron chi connectivity index (χ4n) is 2.23. The number of ether oxygens (including phenoxy) is 1. The third-order valence-corrected chi connectivity index (χ3v) is 3.15. The molecule has 0 radical (unpaired) electrons. The Morgan fingerprint density at radius 3 is 2.32 bits per heavy atom. The van der Waals surface area contributed by atoms with Crippen molar-refractivity contribution in [2.75, 3.05) is 0 Å². The van der Waals surface area contributed by atoms with Crippen LogP contribution in [-0.4, -0.2) is 17.7 Å². The Balaban J connectivity index is 2.30. The van der Waals surface area contributed by atoms with E-state index in [2.05, 4.69) is 24.0 Å². The van der Waals surface area contributed by atoms with Crippen LogP contribution in [-0.2, 0) is 4.74 Å². The summed E-state index contributed by atoms with van der Waals surface area (Å²) in [5, 5.41) is 2.96. The Labute approximate surface area is 117 Å². The van der Waals surface area contributed by atoms with Crippen molar-refractivity contribution in [3.63, 3.8) is 0 Å². The van der Waals surface area contributed by atoms with Gasteiger partial charge in [0.2, 0.25) is 0 Å². The molecule has 19 heavy (non-hydrogen) atoms. The summed E-state index contributed by atoms with van der Waals surface area (Å²) in [7, 11) is 0. The summed E-state index contributed by atoms with van der Waals surface area (Å²) in [5.74, 6) is 0.619. The molecule has 0 saturated heterocycles. The van der Waals surface area contributed by atoms with Crippen LogP contribution in [0.4, 0.5) is 4.79 Å². The summed E-state index contributed by atoms with van der Waals surface area (Å²) in [5.41, 5.74) is 0.667. The number of hydrogen-bond acceptors (Lipinski definition) is 2. The summed E-state index contributed by atoms with van der Waals surface area (Å²) in [6, 6.07) is 0.254. The molecule has 0 spiro atoms. The molecule has 0 aromatic rings. The van der Waals surface area contributed by atoms with E-state index in [1.165, 1.54) is 0 Å². The molecule has 1 aliphatic carbocycles. The first-order valence-corrected chi connectivity index (χ1v) is 7.09. The Morgan fingerprint density at radius 1 is 1.26 bits per heavy atom. The van der Waals surface area contributed by atoms with Crippen molar-refractivity contribution in [3.05, 3.63) is 24.3 Å². The first-order chi connectivity index (χ1) is 8.76. The number of carbonyl (C=O) groups excluding carboxylic acids is 1. The number of nitrogens with one attached hydrogen (secondary N) is 1. The van der Waals surface area contributed by atoms with E-state index >= 15 is 0 Å². The molecule has 108 valence electrons. The Morgan fingerprint density at radius 2 is 1.84 bits per heavy atom. The van der Waals surface area contributed by atoms with Gasteiger partial charge in [-0.3, -0.25) is 0 Å². The zero-order valence-corrected chi connectivity index (χ0v) is 12.7. The number of allylic oxidation sites excluding steroid dienone is 3. The molecule has 1 aliphatic rings. The fraction of sp³-hybridized carbons (Fsp3) is 0.688. The molecular formula is C16H27NO2. The summed E-state index contributed by atoms with van der Waals surface area (Å²) in [6.45, 7) is 11.5. The molecule has 0 atom stereocenters. The minimum atomic E-state index is -0.425. The summed E-state index contributed by atoms with van der Waals surface area (Å²) < 4.78 is 5.27. The number of rotatable bonds is 3. The monoisotopic (exact) mass is 265 g/mol. The van der Waals surface area contributed by atoms with E-state index in [-0.39, 0.29) is 12.1 Å². The van der Waals surface area contributed by atoms with Crippen molar-refractivity contribution >= 4 is 6.09 Å². The molecule has 3 nitrogen and oxygen atoms in total. The van der Waals surface area contributed by atoms with Crippen molar-refractivity contribution in [2.24, 2.45) is 5.92 Å². The first-order valence-electron chi connectivity index (χ1n) is 7.09. The normalized spacial score (nSPS) is 24.2. The average Bonchev–Trinajstić information content (AvgIpc) is 2.25. The maximum absolute atomic E-state index is 11.7. The SMILES string of the molecule is C=C(C)/C=C/C1CCC(NC(=O)OC(C)(C)C)CC1. The fourth-order valence-corrected chi connectivity index (χ4v) is 2.23. The van der Waals surface area contributed by atoms with E-state index in [1.54, 1.807) is 0 Å². The molecular weight excluding hydrogens is 238 g/mol. The zero-order chi connectivity index (χ0) is 14.5. The summed E-state index contributed by atoms with van der Waals surface area (Å²) >= 11 is 0. The van der Waals surface area contributed by atoms with Gasteiger partial charge in [0.1, 0.15) is 5.60 Å². The maximum atomic E-state index is 11.7. The summed E-state index contributed by atoms with van der Waals surface area (Å²) in [6.07, 6.45) is 8.30. The largest absolute Gasteiger partial charge is 0.444 e. The zero-order valence-electron chi connectivity index (χ0n) is 12.7. The van der Waals surface area contributed by atoms with E-state index in [1.807, 2.05) is 27.7 Å². The van der Waals surface area contributed by atoms with Crippen molar-refractivity contribution in [1.82, 2.24) is 5.32 Å². The predicted octanol–water partition coefficient (Wildman–Crippen LogP) is 4.20. The maximum Gasteiger partial charge on any atom is 0.407 e. The topological polar surface area (TPSA) is 38.3 Å². The second kappa shape index (κ2) is 6.78. The van der Waals surface area contributed by atoms with Gasteiger partial charge in [-0.1, -0.05) is 24.3 Å². The van der Waals surface area contributed by atoms with Crippen molar-refractivity contribution in [2.45, 2.75) is 65.0 Å². The third kappa shape index (κ3) is 7.04. The Bertz CT molecular complexity index is 344. The average molecular weight is 265 g/mol. The van der Waals surface area contributed by atoms with E-state index in [4.69, 9.17) is 4.74 Å². The Kier molecular flexibility index (Phi) is 5.64. The lowest BCUT2D eigenvalue weighted by molar-refractivity contribution is 0.0490. The van der Waals surface area contributed by atoms with Crippen LogP contribution in [0, 0.1) is 5.92 Å². The minimum absolute atomic E-state index is 0.254. The number of hydrogen-bond donors (Lipinski definition) is 1. The van der Waals surface area contributed by atoms with Crippen molar-refractivity contribution in [1.29, 1.82) is 0 Å². The van der Waals surface area contributed by atoms with Gasteiger partial charge in [-0.2, -0.15) is 0 Å². The van der Waals surface area contributed by atoms with Gasteiger partial charge in [0.25, 0.3) is 0 Å². The lowest BCUT2D eigenvalue weighted by Gasteiger charge is -2.28. The van der Waals surface area contributed by atoms with E-state index in [0.717, 1.165) is 31.3 Å². The highest BCUT2D eigenvalue weighted by atomic mass is 16.6. The quantitative estimate of drug-likeness (QED) is 0.777. The standard InChI is InChI=1S/C16H27NO2/c1-12(2)6-7-13-8-10-14(11-9-13)17-15(18)19-16(3,4)5/h6-7,13-14H,1,8-11H2,2-5H3,(H,17,18)/b7-6+. The van der Waals surface area contributed by atoms with Gasteiger partial charge in [-0.15, -0.1) is 0 Å². The first kappa shape index (κ1) is 15.8. The second-order valence-electron chi connectivity index (χ2n) is 6.46. The van der Waals surface area contributed by atoms with Crippen LogP contribution < -0.4 is 5.32 Å². The van der Waals surface area contributed by atoms with Crippen LogP contribution in [0.1, 0.15) is 53.4 Å². The molecule has 0 unspecified atom stereocenters. The number of alkyl carbamates (subject to hydrolysis) is 1. The molecule has 3 heteroatoms. The lowest BCUT2D eigenvalue weighted by atomic mass is 9.85. The highest BCUT2D eigenvalue weighted by molar-refractivity contribution is 5.68. The minimum Gasteiger partial charge on any atom is -0.444 e. The number of amides is 1. The molecule has 0 heterocycles. The van der Waals surface area contributed by atoms with Gasteiger partial charge in [0.15, 0.2) is 0 Å². The predicted molar refractivity (Wildman–Crippen MR) is 79.1 cm³/mol. The smallest absolute Gasteiger partial charge is 0.407 e. The van der Waals surface area contributed by atoms with Crippen LogP contribution in [0.5, 0.6) is 0 Å². The third-order valence-electron chi connectivity index (χ3n) is 3.15. The Hall–Kier alpha value is -1.25. The van der Waals surface area contributed by atoms with Gasteiger partial charge >= 0.3 is 6.09 Å². The van der Waals surface area contributed by atoms with Crippen LogP contribution in [0.3, 0.4) is 0 Å². The van der Waals surface area contributed by atoms with Crippen LogP contribution in [0.2, 0.25) is 0 Å².